The molecule has 2 aliphatic rings. The summed E-state index contributed by atoms with van der Waals surface area (Å²) in [4.78, 5) is 26.2. The van der Waals surface area contributed by atoms with Gasteiger partial charge in [-0.2, -0.15) is 0 Å². The summed E-state index contributed by atoms with van der Waals surface area (Å²) in [5.41, 5.74) is 3.71. The van der Waals surface area contributed by atoms with Gasteiger partial charge in [-0.05, 0) is 55.4 Å². The van der Waals surface area contributed by atoms with Gasteiger partial charge >= 0.3 is 0 Å². The highest BCUT2D eigenvalue weighted by Crippen LogP contribution is 2.22. The van der Waals surface area contributed by atoms with Gasteiger partial charge in [0, 0.05) is 63.1 Å². The van der Waals surface area contributed by atoms with E-state index >= 15 is 0 Å². The van der Waals surface area contributed by atoms with Crippen molar-refractivity contribution in [1.29, 1.82) is 0 Å². The molecule has 2 aliphatic heterocycles. The van der Waals surface area contributed by atoms with Gasteiger partial charge in [-0.1, -0.05) is 6.07 Å². The normalized spacial score (nSPS) is 16.8. The molecular formula is C23H28N6O. The van der Waals surface area contributed by atoms with E-state index in [9.17, 15) is 4.79 Å². The van der Waals surface area contributed by atoms with E-state index in [4.69, 9.17) is 0 Å². The highest BCUT2D eigenvalue weighted by atomic mass is 16.1. The van der Waals surface area contributed by atoms with Gasteiger partial charge in [-0.3, -0.25) is 9.79 Å². The molecule has 1 amide bonds. The van der Waals surface area contributed by atoms with Crippen LogP contribution in [-0.4, -0.2) is 68.3 Å². The molecule has 4 rings (SSSR count). The number of dihydropyridines is 1. The quantitative estimate of drug-likeness (QED) is 0.775. The van der Waals surface area contributed by atoms with E-state index in [1.807, 2.05) is 30.5 Å². The number of benzene rings is 1. The molecule has 1 aromatic heterocycles. The standard InChI is InChI=1S/C23H28N6O/c1-28-12-14-29(15-13-28)20-5-2-4-19(16-20)27-23(30)21-6-3-9-25-22(21)26-17-18-7-10-24-11-8-18/h2-7,9-10,16H,8,11-15,17H2,1H3,(H,25,26)(H,27,30). The average Bonchev–Trinajstić information content (AvgIpc) is 2.79. The molecule has 1 saturated heterocycles. The molecule has 7 heteroatoms. The van der Waals surface area contributed by atoms with Crippen LogP contribution in [0.25, 0.3) is 0 Å². The smallest absolute Gasteiger partial charge is 0.259 e. The zero-order valence-corrected chi connectivity index (χ0v) is 17.3. The summed E-state index contributed by atoms with van der Waals surface area (Å²) >= 11 is 0. The Hall–Kier alpha value is -3.19. The molecule has 0 spiro atoms. The minimum atomic E-state index is -0.166. The van der Waals surface area contributed by atoms with E-state index in [-0.39, 0.29) is 5.91 Å². The summed E-state index contributed by atoms with van der Waals surface area (Å²) in [6, 6.07) is 11.6. The number of rotatable bonds is 6. The summed E-state index contributed by atoms with van der Waals surface area (Å²) in [6.45, 7) is 5.54. The van der Waals surface area contributed by atoms with E-state index in [1.165, 1.54) is 5.57 Å². The van der Waals surface area contributed by atoms with Crippen LogP contribution in [0.3, 0.4) is 0 Å². The van der Waals surface area contributed by atoms with Crippen molar-refractivity contribution in [3.8, 4) is 0 Å². The highest BCUT2D eigenvalue weighted by Gasteiger charge is 2.16. The van der Waals surface area contributed by atoms with Gasteiger partial charge in [0.05, 0.1) is 5.56 Å². The molecule has 30 heavy (non-hydrogen) atoms. The van der Waals surface area contributed by atoms with E-state index < -0.39 is 0 Å². The molecule has 0 saturated carbocycles. The predicted molar refractivity (Wildman–Crippen MR) is 123 cm³/mol. The average molecular weight is 405 g/mol. The molecule has 0 radical (unpaired) electrons. The lowest BCUT2D eigenvalue weighted by Crippen LogP contribution is -2.44. The number of hydrogen-bond acceptors (Lipinski definition) is 6. The second-order valence-electron chi connectivity index (χ2n) is 7.68. The molecule has 156 valence electrons. The molecule has 2 aromatic rings. The Balaban J connectivity index is 1.43. The Morgan fingerprint density at radius 1 is 1.13 bits per heavy atom. The fourth-order valence-electron chi connectivity index (χ4n) is 3.64. The number of pyridine rings is 1. The van der Waals surface area contributed by atoms with E-state index in [0.717, 1.165) is 50.5 Å². The Morgan fingerprint density at radius 2 is 2.00 bits per heavy atom. The van der Waals surface area contributed by atoms with Crippen molar-refractivity contribution in [1.82, 2.24) is 9.88 Å². The van der Waals surface area contributed by atoms with Gasteiger partial charge in [0.2, 0.25) is 0 Å². The minimum absolute atomic E-state index is 0.166. The van der Waals surface area contributed by atoms with Crippen LogP contribution in [0.1, 0.15) is 16.8 Å². The molecule has 0 bridgehead atoms. The second-order valence-corrected chi connectivity index (χ2v) is 7.68. The first-order valence-corrected chi connectivity index (χ1v) is 10.4. The fraction of sp³-hybridized carbons (Fsp3) is 0.348. The van der Waals surface area contributed by atoms with Crippen molar-refractivity contribution in [2.75, 3.05) is 61.8 Å². The van der Waals surface area contributed by atoms with Crippen molar-refractivity contribution >= 4 is 29.3 Å². The van der Waals surface area contributed by atoms with Crippen LogP contribution in [0.2, 0.25) is 0 Å². The summed E-state index contributed by atoms with van der Waals surface area (Å²) < 4.78 is 0. The Bertz CT molecular complexity index is 946. The van der Waals surface area contributed by atoms with Crippen LogP contribution in [0, 0.1) is 0 Å². The van der Waals surface area contributed by atoms with Crippen LogP contribution >= 0.6 is 0 Å². The van der Waals surface area contributed by atoms with Gasteiger partial charge in [0.15, 0.2) is 0 Å². The number of hydrogen-bond donors (Lipinski definition) is 2. The maximum atomic E-state index is 13.0. The number of aromatic nitrogens is 1. The fourth-order valence-corrected chi connectivity index (χ4v) is 3.64. The number of nitrogens with zero attached hydrogens (tertiary/aromatic N) is 4. The monoisotopic (exact) mass is 404 g/mol. The summed E-state index contributed by atoms with van der Waals surface area (Å²) in [6.07, 6.45) is 6.48. The first-order valence-electron chi connectivity index (χ1n) is 10.4. The minimum Gasteiger partial charge on any atom is -0.369 e. The topological polar surface area (TPSA) is 72.9 Å². The lowest BCUT2D eigenvalue weighted by Gasteiger charge is -2.34. The lowest BCUT2D eigenvalue weighted by atomic mass is 10.1. The van der Waals surface area contributed by atoms with Gasteiger partial charge in [-0.25, -0.2) is 4.98 Å². The first-order chi connectivity index (χ1) is 14.7. The zero-order valence-electron chi connectivity index (χ0n) is 17.3. The molecule has 0 aliphatic carbocycles. The van der Waals surface area contributed by atoms with Crippen LogP contribution in [0.5, 0.6) is 0 Å². The molecule has 1 fully saturated rings. The third-order valence-corrected chi connectivity index (χ3v) is 5.49. The summed E-state index contributed by atoms with van der Waals surface area (Å²) in [5.74, 6) is 0.425. The van der Waals surface area contributed by atoms with Crippen molar-refractivity contribution in [3.63, 3.8) is 0 Å². The van der Waals surface area contributed by atoms with Crippen molar-refractivity contribution in [3.05, 3.63) is 59.8 Å². The number of aliphatic imine (C=N–C) groups is 1. The molecule has 2 N–H and O–H groups in total. The van der Waals surface area contributed by atoms with Crippen LogP contribution in [-0.2, 0) is 0 Å². The van der Waals surface area contributed by atoms with Crippen LogP contribution in [0.4, 0.5) is 17.2 Å². The van der Waals surface area contributed by atoms with Crippen LogP contribution < -0.4 is 15.5 Å². The Morgan fingerprint density at radius 3 is 2.80 bits per heavy atom. The number of likely N-dealkylation sites (N-methyl/N-ethyl adjacent to an activating group) is 1. The Kier molecular flexibility index (Phi) is 6.39. The first kappa shape index (κ1) is 20.1. The lowest BCUT2D eigenvalue weighted by molar-refractivity contribution is 0.102. The van der Waals surface area contributed by atoms with Crippen molar-refractivity contribution < 1.29 is 4.79 Å². The number of anilines is 3. The number of carbonyl (C=O) groups is 1. The number of piperazine rings is 1. The van der Waals surface area contributed by atoms with E-state index in [1.54, 1.807) is 18.3 Å². The SMILES string of the molecule is CN1CCN(c2cccc(NC(=O)c3cccnc3NCC3=CC=NCC3)c2)CC1. The molecule has 0 atom stereocenters. The second kappa shape index (κ2) is 9.54. The number of amides is 1. The van der Waals surface area contributed by atoms with Gasteiger partial charge < -0.3 is 20.4 Å². The third kappa shape index (κ3) is 5.04. The maximum absolute atomic E-state index is 13.0. The van der Waals surface area contributed by atoms with E-state index in [0.29, 0.717) is 17.9 Å². The number of nitrogens with one attached hydrogen (secondary N) is 2. The number of allylic oxidation sites excluding steroid dienone is 1. The van der Waals surface area contributed by atoms with Gasteiger partial charge in [-0.15, -0.1) is 0 Å². The highest BCUT2D eigenvalue weighted by molar-refractivity contribution is 6.07. The summed E-state index contributed by atoms with van der Waals surface area (Å²) in [7, 11) is 2.14. The summed E-state index contributed by atoms with van der Waals surface area (Å²) in [5, 5.41) is 6.34. The number of carbonyl (C=O) groups excluding carboxylic acids is 1. The largest absolute Gasteiger partial charge is 0.369 e. The van der Waals surface area contributed by atoms with Gasteiger partial charge in [0.1, 0.15) is 5.82 Å². The van der Waals surface area contributed by atoms with E-state index in [2.05, 4.69) is 43.5 Å². The Labute approximate surface area is 177 Å². The van der Waals surface area contributed by atoms with Crippen LogP contribution in [0.15, 0.2) is 59.2 Å². The molecule has 3 heterocycles. The van der Waals surface area contributed by atoms with Gasteiger partial charge in [0.25, 0.3) is 5.91 Å². The third-order valence-electron chi connectivity index (χ3n) is 5.49. The van der Waals surface area contributed by atoms with Crippen molar-refractivity contribution in [2.45, 2.75) is 6.42 Å². The molecule has 1 aromatic carbocycles. The maximum Gasteiger partial charge on any atom is 0.259 e. The molecule has 0 unspecified atom stereocenters. The predicted octanol–water partition coefficient (Wildman–Crippen LogP) is 2.90. The van der Waals surface area contributed by atoms with Crippen molar-refractivity contribution in [2.24, 2.45) is 4.99 Å². The molecule has 7 nitrogen and oxygen atoms in total. The zero-order chi connectivity index (χ0) is 20.8. The molecular weight excluding hydrogens is 376 g/mol.